The summed E-state index contributed by atoms with van der Waals surface area (Å²) in [6.45, 7) is 0. The largest absolute Gasteiger partial charge is 0.344 e. The molecule has 0 aliphatic heterocycles. The topological polar surface area (TPSA) is 256 Å². The Bertz CT molecular complexity index is 111. The average molecular weight is 220 g/mol. The lowest BCUT2D eigenvalue weighted by molar-refractivity contribution is -0.742. The Hall–Kier alpha value is -2.48. The lowest BCUT2D eigenvalue weighted by Gasteiger charge is -1.56. The van der Waals surface area contributed by atoms with Crippen molar-refractivity contribution in [2.24, 2.45) is 0 Å². The Morgan fingerprint density at radius 1 is 0.714 bits per heavy atom. The predicted octanol–water partition coefficient (Wildman–Crippen LogP) is -1.36. The van der Waals surface area contributed by atoms with Crippen molar-refractivity contribution in [3.63, 3.8) is 0 Å². The van der Waals surface area contributed by atoms with Crippen LogP contribution in [0.4, 0.5) is 0 Å². The molecule has 0 fully saturated rings. The Balaban J connectivity index is -0.0000000270. The zero-order valence-electron chi connectivity index (χ0n) is 6.29. The first-order valence-electron chi connectivity index (χ1n) is 1.70. The van der Waals surface area contributed by atoms with Gasteiger partial charge in [0, 0.05) is 6.15 Å². The lowest BCUT2D eigenvalue weighted by Crippen LogP contribution is -1.81. The highest BCUT2D eigenvalue weighted by Gasteiger charge is 1.66. The van der Waals surface area contributed by atoms with E-state index in [2.05, 4.69) is 0 Å². The van der Waals surface area contributed by atoms with Gasteiger partial charge < -0.3 is 21.8 Å². The van der Waals surface area contributed by atoms with E-state index in [0.717, 1.165) is 0 Å². The maximum atomic E-state index is 8.36. The Labute approximate surface area is 74.9 Å². The van der Waals surface area contributed by atoms with Crippen molar-refractivity contribution in [1.82, 2.24) is 12.3 Å². The van der Waals surface area contributed by atoms with E-state index in [1.807, 2.05) is 0 Å². The number of nitrogens with zero attached hydrogens (tertiary/aromatic N) is 4. The van der Waals surface area contributed by atoms with E-state index in [1.54, 1.807) is 0 Å². The molecule has 14 heteroatoms. The summed E-state index contributed by atoms with van der Waals surface area (Å²) in [7, 11) is 0. The molecule has 85 valence electrons. The van der Waals surface area contributed by atoms with E-state index in [-0.39, 0.29) is 12.3 Å². The molecule has 0 saturated carbocycles. The maximum Gasteiger partial charge on any atom is 0.291 e. The van der Waals surface area contributed by atoms with Crippen molar-refractivity contribution < 1.29 is 30.9 Å². The minimum atomic E-state index is -1.50. The minimum Gasteiger partial charge on any atom is -0.344 e. The van der Waals surface area contributed by atoms with Gasteiger partial charge in [0.1, 0.15) is 0 Å². The van der Waals surface area contributed by atoms with Crippen molar-refractivity contribution >= 4 is 0 Å². The SMILES string of the molecule is N.O=[N+]([O-])O.O=[N+]([O-])O.O=[N+]([O-])O.[N]. The van der Waals surface area contributed by atoms with Crippen LogP contribution in [-0.4, -0.2) is 30.9 Å². The summed E-state index contributed by atoms with van der Waals surface area (Å²) >= 11 is 0. The van der Waals surface area contributed by atoms with Crippen molar-refractivity contribution in [3.8, 4) is 0 Å². The Kier molecular flexibility index (Phi) is 48.0. The molecule has 6 N–H and O–H groups in total. The quantitative estimate of drug-likeness (QED) is 0.275. The fourth-order valence-electron chi connectivity index (χ4n) is 0. The van der Waals surface area contributed by atoms with Crippen molar-refractivity contribution in [2.75, 3.05) is 0 Å². The van der Waals surface area contributed by atoms with Crippen LogP contribution in [0.5, 0.6) is 0 Å². The van der Waals surface area contributed by atoms with Gasteiger partial charge in [-0.3, -0.25) is 0 Å². The average Bonchev–Trinajstić information content (AvgIpc) is 1.54. The predicted molar refractivity (Wildman–Crippen MR) is 33.5 cm³/mol. The summed E-state index contributed by atoms with van der Waals surface area (Å²) in [5.41, 5.74) is 0. The van der Waals surface area contributed by atoms with E-state index in [4.69, 9.17) is 46.0 Å². The highest BCUT2D eigenvalue weighted by atomic mass is 16.9. The van der Waals surface area contributed by atoms with Crippen LogP contribution in [0.2, 0.25) is 0 Å². The molecule has 0 aromatic heterocycles. The highest BCUT2D eigenvalue weighted by molar-refractivity contribution is 3.84. The van der Waals surface area contributed by atoms with Crippen LogP contribution >= 0.6 is 0 Å². The van der Waals surface area contributed by atoms with Gasteiger partial charge in [-0.2, -0.15) is 0 Å². The third kappa shape index (κ3) is 112. The van der Waals surface area contributed by atoms with Gasteiger partial charge in [0.15, 0.2) is 0 Å². The molecule has 0 aromatic carbocycles. The van der Waals surface area contributed by atoms with Gasteiger partial charge in [-0.15, -0.1) is 30.3 Å². The number of hydrogen-bond donors (Lipinski definition) is 4. The van der Waals surface area contributed by atoms with Gasteiger partial charge in [-0.1, -0.05) is 0 Å². The maximum absolute atomic E-state index is 8.36. The van der Waals surface area contributed by atoms with Crippen molar-refractivity contribution in [2.45, 2.75) is 0 Å². The summed E-state index contributed by atoms with van der Waals surface area (Å²) in [4.78, 5) is 25.1. The fraction of sp³-hybridized carbons (Fsp3) is 0. The third-order valence-electron chi connectivity index (χ3n) is 0. The smallest absolute Gasteiger partial charge is 0.291 e. The first kappa shape index (κ1) is 30.0. The van der Waals surface area contributed by atoms with Gasteiger partial charge in [0.2, 0.25) is 0 Å². The highest BCUT2D eigenvalue weighted by Crippen LogP contribution is 1.39. The summed E-state index contributed by atoms with van der Waals surface area (Å²) in [6.07, 6.45) is 0. The van der Waals surface area contributed by atoms with Crippen LogP contribution in [0.1, 0.15) is 0 Å². The molecule has 0 saturated heterocycles. The molecule has 3 radical (unpaired) electrons. The standard InChI is InChI=1S/3HNO3.H3N.N/c3*2-1(3)4;;/h3*(H,2,3,4);1H3;. The van der Waals surface area contributed by atoms with Crippen molar-refractivity contribution in [1.29, 1.82) is 0 Å². The summed E-state index contributed by atoms with van der Waals surface area (Å²) in [6, 6.07) is 0. The number of hydrogen-bond acceptors (Lipinski definition) is 7. The molecule has 14 heavy (non-hydrogen) atoms. The van der Waals surface area contributed by atoms with E-state index >= 15 is 0 Å². The van der Waals surface area contributed by atoms with Gasteiger partial charge >= 0.3 is 0 Å². The Morgan fingerprint density at radius 3 is 0.714 bits per heavy atom. The molecule has 0 unspecified atom stereocenters. The molecule has 0 aliphatic rings. The molecular formula is H6N5O9. The van der Waals surface area contributed by atoms with Crippen molar-refractivity contribution in [3.05, 3.63) is 30.3 Å². The molecule has 0 atom stereocenters. The lowest BCUT2D eigenvalue weighted by atomic mass is 13.1. The van der Waals surface area contributed by atoms with E-state index in [0.29, 0.717) is 0 Å². The normalized spacial score (nSPS) is 5.14. The fourth-order valence-corrected chi connectivity index (χ4v) is 0. The second kappa shape index (κ2) is 22.4. The zero-order valence-corrected chi connectivity index (χ0v) is 6.29. The van der Waals surface area contributed by atoms with Crippen LogP contribution in [0.3, 0.4) is 0 Å². The first-order chi connectivity index (χ1) is 5.20. The van der Waals surface area contributed by atoms with E-state index < -0.39 is 15.3 Å². The summed E-state index contributed by atoms with van der Waals surface area (Å²) < 4.78 is 0. The number of rotatable bonds is 0. The van der Waals surface area contributed by atoms with Crippen LogP contribution in [0.25, 0.3) is 0 Å². The molecule has 0 amide bonds. The van der Waals surface area contributed by atoms with Crippen LogP contribution in [0.15, 0.2) is 0 Å². The zero-order chi connectivity index (χ0) is 10.7. The molecule has 0 rings (SSSR count). The van der Waals surface area contributed by atoms with Gasteiger partial charge in [0.05, 0.1) is 0 Å². The molecule has 0 bridgehead atoms. The minimum absolute atomic E-state index is 0. The van der Waals surface area contributed by atoms with Gasteiger partial charge in [0.25, 0.3) is 15.3 Å². The monoisotopic (exact) mass is 220 g/mol. The summed E-state index contributed by atoms with van der Waals surface area (Å²) in [5.74, 6) is 0. The second-order valence-electron chi connectivity index (χ2n) is 0.714. The molecule has 14 nitrogen and oxygen atoms in total. The molecule has 0 spiro atoms. The summed E-state index contributed by atoms with van der Waals surface area (Å²) in [5, 5.41) is 40.9. The van der Waals surface area contributed by atoms with E-state index in [1.165, 1.54) is 0 Å². The van der Waals surface area contributed by atoms with E-state index in [9.17, 15) is 0 Å². The third-order valence-corrected chi connectivity index (χ3v) is 0. The van der Waals surface area contributed by atoms with Crippen LogP contribution < -0.4 is 12.3 Å². The van der Waals surface area contributed by atoms with Crippen LogP contribution in [-0.2, 0) is 0 Å². The van der Waals surface area contributed by atoms with Gasteiger partial charge in [-0.05, 0) is 0 Å². The Morgan fingerprint density at radius 2 is 0.714 bits per heavy atom. The molecule has 0 heterocycles. The van der Waals surface area contributed by atoms with Gasteiger partial charge in [-0.25, -0.2) is 0 Å². The first-order valence-corrected chi connectivity index (χ1v) is 1.70. The van der Waals surface area contributed by atoms with Crippen LogP contribution in [0, 0.1) is 30.3 Å². The molecule has 0 aromatic rings. The molecule has 0 aliphatic carbocycles. The second-order valence-corrected chi connectivity index (χ2v) is 0.714. The molecular weight excluding hydrogens is 214 g/mol.